The lowest BCUT2D eigenvalue weighted by atomic mass is 9.67. The van der Waals surface area contributed by atoms with Gasteiger partial charge in [-0.25, -0.2) is 15.0 Å². The third-order valence-electron chi connectivity index (χ3n) is 10.6. The highest BCUT2D eigenvalue weighted by molar-refractivity contribution is 5.89. The molecule has 0 radical (unpaired) electrons. The summed E-state index contributed by atoms with van der Waals surface area (Å²) in [5, 5.41) is 2.32. The molecular formula is C50H33N3. The number of hydrogen-bond acceptors (Lipinski definition) is 3. The van der Waals surface area contributed by atoms with Gasteiger partial charge in [0.15, 0.2) is 17.5 Å². The quantitative estimate of drug-likeness (QED) is 0.176. The van der Waals surface area contributed by atoms with Crippen molar-refractivity contribution < 1.29 is 0 Å². The van der Waals surface area contributed by atoms with Gasteiger partial charge in [0.1, 0.15) is 0 Å². The molecule has 0 aliphatic heterocycles. The Morgan fingerprint density at radius 3 is 1.42 bits per heavy atom. The molecule has 1 heterocycles. The molecular weight excluding hydrogens is 643 g/mol. The smallest absolute Gasteiger partial charge is 0.164 e. The van der Waals surface area contributed by atoms with E-state index in [1.807, 2.05) is 6.07 Å². The largest absolute Gasteiger partial charge is 0.208 e. The second-order valence-corrected chi connectivity index (χ2v) is 13.6. The van der Waals surface area contributed by atoms with Crippen LogP contribution in [0.1, 0.15) is 22.3 Å². The fraction of sp³-hybridized carbons (Fsp3) is 0.0200. The third-order valence-corrected chi connectivity index (χ3v) is 10.6. The van der Waals surface area contributed by atoms with E-state index in [0.717, 1.165) is 27.6 Å². The molecule has 0 bridgehead atoms. The summed E-state index contributed by atoms with van der Waals surface area (Å²) in [5.41, 5.74) is 12.0. The van der Waals surface area contributed by atoms with Crippen LogP contribution >= 0.6 is 0 Å². The van der Waals surface area contributed by atoms with Crippen molar-refractivity contribution in [3.63, 3.8) is 0 Å². The fourth-order valence-corrected chi connectivity index (χ4v) is 8.12. The van der Waals surface area contributed by atoms with E-state index in [0.29, 0.717) is 17.5 Å². The standard InChI is InChI=1S/C50H33N3/c1-4-14-34(15-5-1)36-24-27-37(28-25-36)47-51-48(39-29-26-35-16-10-11-17-38(35)32-39)53-49(52-47)40-30-31-44-43-22-12-13-23-45(43)50(46(44)33-40,41-18-6-2-7-19-41)42-20-8-3-9-21-42/h1-33H. The van der Waals surface area contributed by atoms with Crippen molar-refractivity contribution in [2.45, 2.75) is 5.41 Å². The highest BCUT2D eigenvalue weighted by atomic mass is 15.0. The van der Waals surface area contributed by atoms with Crippen LogP contribution in [0.15, 0.2) is 200 Å². The molecule has 53 heavy (non-hydrogen) atoms. The van der Waals surface area contributed by atoms with Crippen LogP contribution in [0, 0.1) is 0 Å². The van der Waals surface area contributed by atoms with Crippen molar-refractivity contribution in [3.8, 4) is 56.4 Å². The first kappa shape index (κ1) is 30.8. The molecule has 1 aliphatic carbocycles. The van der Waals surface area contributed by atoms with E-state index in [9.17, 15) is 0 Å². The molecule has 248 valence electrons. The van der Waals surface area contributed by atoms with Crippen molar-refractivity contribution in [2.75, 3.05) is 0 Å². The highest BCUT2D eigenvalue weighted by Gasteiger charge is 2.46. The summed E-state index contributed by atoms with van der Waals surface area (Å²) in [4.78, 5) is 15.5. The first-order chi connectivity index (χ1) is 26.3. The number of nitrogens with zero attached hydrogens (tertiary/aromatic N) is 3. The van der Waals surface area contributed by atoms with E-state index in [1.165, 1.54) is 44.3 Å². The lowest BCUT2D eigenvalue weighted by Crippen LogP contribution is -2.28. The Hall–Kier alpha value is -6.97. The van der Waals surface area contributed by atoms with E-state index in [4.69, 9.17) is 15.0 Å². The van der Waals surface area contributed by atoms with Gasteiger partial charge in [-0.3, -0.25) is 0 Å². The minimum atomic E-state index is -0.519. The molecule has 9 aromatic rings. The van der Waals surface area contributed by atoms with Crippen molar-refractivity contribution >= 4 is 10.8 Å². The van der Waals surface area contributed by atoms with Crippen LogP contribution in [0.5, 0.6) is 0 Å². The zero-order valence-electron chi connectivity index (χ0n) is 28.9. The monoisotopic (exact) mass is 675 g/mol. The van der Waals surface area contributed by atoms with Crippen LogP contribution in [0.3, 0.4) is 0 Å². The average molecular weight is 676 g/mol. The van der Waals surface area contributed by atoms with Gasteiger partial charge >= 0.3 is 0 Å². The van der Waals surface area contributed by atoms with Crippen LogP contribution in [0.4, 0.5) is 0 Å². The zero-order valence-corrected chi connectivity index (χ0v) is 28.9. The van der Waals surface area contributed by atoms with Gasteiger partial charge in [0.2, 0.25) is 0 Å². The van der Waals surface area contributed by atoms with Gasteiger partial charge in [0.05, 0.1) is 5.41 Å². The zero-order chi connectivity index (χ0) is 35.2. The molecule has 1 aliphatic rings. The van der Waals surface area contributed by atoms with E-state index in [-0.39, 0.29) is 0 Å². The van der Waals surface area contributed by atoms with Gasteiger partial charge in [-0.05, 0) is 67.4 Å². The van der Waals surface area contributed by atoms with Crippen molar-refractivity contribution in [3.05, 3.63) is 222 Å². The van der Waals surface area contributed by atoms with E-state index in [2.05, 4.69) is 194 Å². The highest BCUT2D eigenvalue weighted by Crippen LogP contribution is 2.56. The first-order valence-corrected chi connectivity index (χ1v) is 18.0. The lowest BCUT2D eigenvalue weighted by molar-refractivity contribution is 0.768. The first-order valence-electron chi connectivity index (χ1n) is 18.0. The molecule has 8 aromatic carbocycles. The van der Waals surface area contributed by atoms with Crippen molar-refractivity contribution in [2.24, 2.45) is 0 Å². The van der Waals surface area contributed by atoms with Crippen molar-refractivity contribution in [1.29, 1.82) is 0 Å². The van der Waals surface area contributed by atoms with E-state index in [1.54, 1.807) is 0 Å². The van der Waals surface area contributed by atoms with Crippen LogP contribution < -0.4 is 0 Å². The maximum absolute atomic E-state index is 5.22. The topological polar surface area (TPSA) is 38.7 Å². The predicted molar refractivity (Wildman–Crippen MR) is 216 cm³/mol. The number of fused-ring (bicyclic) bond motifs is 4. The number of rotatable bonds is 6. The fourth-order valence-electron chi connectivity index (χ4n) is 8.12. The third kappa shape index (κ3) is 5.17. The Bertz CT molecular complexity index is 2720. The minimum Gasteiger partial charge on any atom is -0.208 e. The molecule has 0 amide bonds. The van der Waals surface area contributed by atoms with Gasteiger partial charge in [-0.1, -0.05) is 188 Å². The molecule has 3 nitrogen and oxygen atoms in total. The molecule has 0 saturated carbocycles. The van der Waals surface area contributed by atoms with Crippen LogP contribution in [0.25, 0.3) is 67.2 Å². The molecule has 3 heteroatoms. The van der Waals surface area contributed by atoms with Crippen LogP contribution in [-0.2, 0) is 5.41 Å². The molecule has 0 N–H and O–H groups in total. The Morgan fingerprint density at radius 2 is 0.736 bits per heavy atom. The van der Waals surface area contributed by atoms with E-state index >= 15 is 0 Å². The number of hydrogen-bond donors (Lipinski definition) is 0. The predicted octanol–water partition coefficient (Wildman–Crippen LogP) is 12.1. The maximum Gasteiger partial charge on any atom is 0.164 e. The molecule has 0 saturated heterocycles. The van der Waals surface area contributed by atoms with Gasteiger partial charge in [-0.2, -0.15) is 0 Å². The summed E-state index contributed by atoms with van der Waals surface area (Å²) in [7, 11) is 0. The average Bonchev–Trinajstić information content (AvgIpc) is 3.55. The van der Waals surface area contributed by atoms with Gasteiger partial charge in [-0.15, -0.1) is 0 Å². The van der Waals surface area contributed by atoms with Crippen LogP contribution in [0.2, 0.25) is 0 Å². The SMILES string of the molecule is c1ccc(-c2ccc(-c3nc(-c4ccc5c(c4)C(c4ccccc4)(c4ccccc4)c4ccccc4-5)nc(-c4ccc5ccccc5c4)n3)cc2)cc1. The number of benzene rings is 8. The van der Waals surface area contributed by atoms with Gasteiger partial charge in [0, 0.05) is 16.7 Å². The molecule has 10 rings (SSSR count). The molecule has 0 spiro atoms. The lowest BCUT2D eigenvalue weighted by Gasteiger charge is -2.34. The van der Waals surface area contributed by atoms with E-state index < -0.39 is 5.41 Å². The summed E-state index contributed by atoms with van der Waals surface area (Å²) in [6.07, 6.45) is 0. The Morgan fingerprint density at radius 1 is 0.283 bits per heavy atom. The number of aromatic nitrogens is 3. The van der Waals surface area contributed by atoms with Crippen LogP contribution in [-0.4, -0.2) is 15.0 Å². The second-order valence-electron chi connectivity index (χ2n) is 13.6. The van der Waals surface area contributed by atoms with Gasteiger partial charge in [0.25, 0.3) is 0 Å². The summed E-state index contributed by atoms with van der Waals surface area (Å²) in [6, 6.07) is 71.1. The summed E-state index contributed by atoms with van der Waals surface area (Å²) in [5.74, 6) is 1.92. The minimum absolute atomic E-state index is 0.519. The van der Waals surface area contributed by atoms with Crippen molar-refractivity contribution in [1.82, 2.24) is 15.0 Å². The normalized spacial score (nSPS) is 12.7. The molecule has 0 atom stereocenters. The Kier molecular flexibility index (Phi) is 7.36. The Labute approximate surface area is 309 Å². The molecule has 0 unspecified atom stereocenters. The summed E-state index contributed by atoms with van der Waals surface area (Å²) >= 11 is 0. The maximum atomic E-state index is 5.22. The second kappa shape index (κ2) is 12.7. The summed E-state index contributed by atoms with van der Waals surface area (Å²) in [6.45, 7) is 0. The van der Waals surface area contributed by atoms with Gasteiger partial charge < -0.3 is 0 Å². The molecule has 1 aromatic heterocycles. The summed E-state index contributed by atoms with van der Waals surface area (Å²) < 4.78 is 0. The Balaban J connectivity index is 1.19. The molecule has 0 fully saturated rings.